The molecule has 1 atom stereocenters. The van der Waals surface area contributed by atoms with E-state index in [2.05, 4.69) is 15.9 Å². The van der Waals surface area contributed by atoms with Gasteiger partial charge in [0, 0.05) is 15.7 Å². The normalized spacial score (nSPS) is 17.9. The summed E-state index contributed by atoms with van der Waals surface area (Å²) >= 11 is 3.43. The highest BCUT2D eigenvalue weighted by Crippen LogP contribution is 2.43. The van der Waals surface area contributed by atoms with E-state index in [4.69, 9.17) is 0 Å². The molecule has 0 radical (unpaired) electrons. The zero-order valence-corrected chi connectivity index (χ0v) is 18.6. The van der Waals surface area contributed by atoms with Crippen molar-refractivity contribution in [1.82, 2.24) is 0 Å². The molecule has 0 aromatic heterocycles. The number of hydrogen-bond donors (Lipinski definition) is 2. The third-order valence-corrected chi connectivity index (χ3v) is 6.33. The number of phenolic OH excluding ortho intramolecular Hbond substituents is 1. The third kappa shape index (κ3) is 3.64. The van der Waals surface area contributed by atoms with Gasteiger partial charge in [0.05, 0.1) is 11.6 Å². The average molecular weight is 478 g/mol. The zero-order chi connectivity index (χ0) is 22.3. The standard InChI is InChI=1S/C25H20BrNO4/c1-14-6-3-4-9-20(14)27-22(16-7-5-8-18(28)13-16)21(24(30)25(27)31)23(29)17-10-11-19(26)15(2)12-17/h3-13,22,28-29H,1-2H3/b23-21-. The molecule has 0 spiro atoms. The second-order valence-electron chi connectivity index (χ2n) is 7.51. The lowest BCUT2D eigenvalue weighted by molar-refractivity contribution is -0.132. The van der Waals surface area contributed by atoms with Crippen LogP contribution in [0, 0.1) is 13.8 Å². The van der Waals surface area contributed by atoms with Gasteiger partial charge in [-0.1, -0.05) is 52.3 Å². The van der Waals surface area contributed by atoms with Gasteiger partial charge in [-0.05, 0) is 60.9 Å². The molecule has 1 aliphatic rings. The van der Waals surface area contributed by atoms with Gasteiger partial charge in [-0.15, -0.1) is 0 Å². The number of halogens is 1. The fourth-order valence-corrected chi connectivity index (χ4v) is 4.12. The molecule has 0 bridgehead atoms. The molecule has 3 aromatic carbocycles. The summed E-state index contributed by atoms with van der Waals surface area (Å²) in [6, 6.07) is 18.0. The Morgan fingerprint density at radius 2 is 1.68 bits per heavy atom. The molecular formula is C25H20BrNO4. The van der Waals surface area contributed by atoms with Crippen molar-refractivity contribution in [3.63, 3.8) is 0 Å². The van der Waals surface area contributed by atoms with Crippen LogP contribution in [-0.4, -0.2) is 21.9 Å². The van der Waals surface area contributed by atoms with E-state index >= 15 is 0 Å². The van der Waals surface area contributed by atoms with Gasteiger partial charge in [-0.2, -0.15) is 0 Å². The minimum atomic E-state index is -0.878. The van der Waals surface area contributed by atoms with E-state index in [-0.39, 0.29) is 17.1 Å². The van der Waals surface area contributed by atoms with E-state index in [1.54, 1.807) is 42.5 Å². The van der Waals surface area contributed by atoms with E-state index < -0.39 is 17.7 Å². The van der Waals surface area contributed by atoms with Crippen molar-refractivity contribution in [3.05, 3.63) is 99.0 Å². The number of benzene rings is 3. The number of para-hydroxylation sites is 1. The van der Waals surface area contributed by atoms with Crippen LogP contribution >= 0.6 is 15.9 Å². The SMILES string of the molecule is Cc1cc(/C(O)=C2/C(=O)C(=O)N(c3ccccc3C)C2c2cccc(O)c2)ccc1Br. The molecule has 1 saturated heterocycles. The Labute approximate surface area is 188 Å². The predicted octanol–water partition coefficient (Wildman–Crippen LogP) is 5.40. The number of aryl methyl sites for hydroxylation is 2. The summed E-state index contributed by atoms with van der Waals surface area (Å²) in [4.78, 5) is 27.7. The monoisotopic (exact) mass is 477 g/mol. The van der Waals surface area contributed by atoms with Gasteiger partial charge in [-0.25, -0.2) is 0 Å². The van der Waals surface area contributed by atoms with Crippen LogP contribution in [0.25, 0.3) is 5.76 Å². The number of hydrogen-bond acceptors (Lipinski definition) is 4. The van der Waals surface area contributed by atoms with Crippen LogP contribution in [0.5, 0.6) is 5.75 Å². The Morgan fingerprint density at radius 3 is 2.35 bits per heavy atom. The van der Waals surface area contributed by atoms with Crippen molar-refractivity contribution >= 4 is 39.1 Å². The molecule has 5 nitrogen and oxygen atoms in total. The molecule has 0 saturated carbocycles. The first-order valence-electron chi connectivity index (χ1n) is 9.71. The van der Waals surface area contributed by atoms with E-state index in [9.17, 15) is 19.8 Å². The topological polar surface area (TPSA) is 77.8 Å². The van der Waals surface area contributed by atoms with Gasteiger partial charge in [0.2, 0.25) is 0 Å². The Kier molecular flexibility index (Phi) is 5.41. The third-order valence-electron chi connectivity index (χ3n) is 5.44. The minimum absolute atomic E-state index is 0.00681. The van der Waals surface area contributed by atoms with E-state index in [1.807, 2.05) is 26.0 Å². The maximum Gasteiger partial charge on any atom is 0.300 e. The van der Waals surface area contributed by atoms with Crippen molar-refractivity contribution in [3.8, 4) is 5.75 Å². The highest BCUT2D eigenvalue weighted by atomic mass is 79.9. The van der Waals surface area contributed by atoms with Crippen molar-refractivity contribution in [1.29, 1.82) is 0 Å². The first-order valence-corrected chi connectivity index (χ1v) is 10.5. The second kappa shape index (κ2) is 8.04. The largest absolute Gasteiger partial charge is 0.508 e. The van der Waals surface area contributed by atoms with Gasteiger partial charge >= 0.3 is 0 Å². The highest BCUT2D eigenvalue weighted by molar-refractivity contribution is 9.10. The summed E-state index contributed by atoms with van der Waals surface area (Å²) in [5, 5.41) is 21.2. The van der Waals surface area contributed by atoms with Crippen LogP contribution < -0.4 is 4.90 Å². The van der Waals surface area contributed by atoms with E-state index in [0.717, 1.165) is 15.6 Å². The number of aromatic hydroxyl groups is 1. The first kappa shape index (κ1) is 20.9. The van der Waals surface area contributed by atoms with Gasteiger partial charge in [0.15, 0.2) is 0 Å². The lowest BCUT2D eigenvalue weighted by Crippen LogP contribution is -2.30. The maximum atomic E-state index is 13.2. The summed E-state index contributed by atoms with van der Waals surface area (Å²) in [5.74, 6) is -1.74. The van der Waals surface area contributed by atoms with Gasteiger partial charge in [0.1, 0.15) is 11.5 Å². The molecule has 6 heteroatoms. The van der Waals surface area contributed by atoms with Crippen LogP contribution in [-0.2, 0) is 9.59 Å². The number of nitrogens with zero attached hydrogens (tertiary/aromatic N) is 1. The van der Waals surface area contributed by atoms with Gasteiger partial charge in [-0.3, -0.25) is 14.5 Å². The quantitative estimate of drug-likeness (QED) is 0.300. The summed E-state index contributed by atoms with van der Waals surface area (Å²) in [7, 11) is 0. The molecule has 1 heterocycles. The molecule has 3 aromatic rings. The molecule has 4 rings (SSSR count). The molecule has 2 N–H and O–H groups in total. The number of ketones is 1. The lowest BCUT2D eigenvalue weighted by Gasteiger charge is -2.26. The van der Waals surface area contributed by atoms with Crippen LogP contribution in [0.1, 0.15) is 28.3 Å². The Hall–Kier alpha value is -3.38. The highest BCUT2D eigenvalue weighted by Gasteiger charge is 2.47. The first-order chi connectivity index (χ1) is 14.8. The van der Waals surface area contributed by atoms with Crippen LogP contribution in [0.4, 0.5) is 5.69 Å². The summed E-state index contributed by atoms with van der Waals surface area (Å²) in [5.41, 5.74) is 3.22. The molecular weight excluding hydrogens is 458 g/mol. The molecule has 1 aliphatic heterocycles. The Balaban J connectivity index is 1.99. The van der Waals surface area contributed by atoms with Crippen molar-refractivity contribution in [2.75, 3.05) is 4.90 Å². The molecule has 1 amide bonds. The van der Waals surface area contributed by atoms with Crippen molar-refractivity contribution < 1.29 is 19.8 Å². The summed E-state index contributed by atoms with van der Waals surface area (Å²) in [6.07, 6.45) is 0. The van der Waals surface area contributed by atoms with E-state index in [0.29, 0.717) is 16.8 Å². The fraction of sp³-hybridized carbons (Fsp3) is 0.120. The average Bonchev–Trinajstić information content (AvgIpc) is 3.01. The number of carbonyl (C=O) groups is 2. The molecule has 1 unspecified atom stereocenters. The number of aliphatic hydroxyl groups excluding tert-OH is 1. The van der Waals surface area contributed by atoms with Crippen molar-refractivity contribution in [2.24, 2.45) is 0 Å². The summed E-state index contributed by atoms with van der Waals surface area (Å²) < 4.78 is 0.869. The summed E-state index contributed by atoms with van der Waals surface area (Å²) in [6.45, 7) is 3.73. The second-order valence-corrected chi connectivity index (χ2v) is 8.37. The van der Waals surface area contributed by atoms with Gasteiger partial charge < -0.3 is 10.2 Å². The zero-order valence-electron chi connectivity index (χ0n) is 17.0. The molecule has 156 valence electrons. The predicted molar refractivity (Wildman–Crippen MR) is 123 cm³/mol. The maximum absolute atomic E-state index is 13.2. The van der Waals surface area contributed by atoms with Crippen LogP contribution in [0.2, 0.25) is 0 Å². The Morgan fingerprint density at radius 1 is 0.935 bits per heavy atom. The number of Topliss-reactive ketones (excluding diaryl/α,β-unsaturated/α-hetero) is 1. The lowest BCUT2D eigenvalue weighted by atomic mass is 9.94. The van der Waals surface area contributed by atoms with Crippen LogP contribution in [0.15, 0.2) is 76.8 Å². The van der Waals surface area contributed by atoms with Crippen molar-refractivity contribution in [2.45, 2.75) is 19.9 Å². The number of carbonyl (C=O) groups excluding carboxylic acids is 2. The number of phenols is 1. The van der Waals surface area contributed by atoms with Gasteiger partial charge in [0.25, 0.3) is 11.7 Å². The molecule has 31 heavy (non-hydrogen) atoms. The number of anilines is 1. The number of aliphatic hydroxyl groups is 1. The molecule has 0 aliphatic carbocycles. The van der Waals surface area contributed by atoms with E-state index in [1.165, 1.54) is 17.0 Å². The number of rotatable bonds is 3. The Bertz CT molecular complexity index is 1250. The van der Waals surface area contributed by atoms with Crippen LogP contribution in [0.3, 0.4) is 0 Å². The minimum Gasteiger partial charge on any atom is -0.508 e. The smallest absolute Gasteiger partial charge is 0.300 e. The molecule has 1 fully saturated rings. The number of amides is 1. The fourth-order valence-electron chi connectivity index (χ4n) is 3.87.